The largest absolute Gasteiger partial charge is 0.473 e. The van der Waals surface area contributed by atoms with Crippen molar-refractivity contribution in [2.75, 3.05) is 31.1 Å². The molecule has 1 aliphatic heterocycles. The molecule has 1 saturated heterocycles. The minimum Gasteiger partial charge on any atom is -0.473 e. The Morgan fingerprint density at radius 3 is 2.59 bits per heavy atom. The van der Waals surface area contributed by atoms with Crippen LogP contribution in [0.2, 0.25) is 5.02 Å². The molecule has 0 spiro atoms. The van der Waals surface area contributed by atoms with Gasteiger partial charge in [0.15, 0.2) is 0 Å². The van der Waals surface area contributed by atoms with Crippen molar-refractivity contribution in [3.05, 3.63) is 101 Å². The normalized spacial score (nSPS) is 14.3. The summed E-state index contributed by atoms with van der Waals surface area (Å²) in [6.07, 6.45) is 3.74. The van der Waals surface area contributed by atoms with Crippen molar-refractivity contribution in [1.29, 1.82) is 0 Å². The van der Waals surface area contributed by atoms with Crippen LogP contribution in [0.1, 0.15) is 17.1 Å². The van der Waals surface area contributed by atoms with Gasteiger partial charge in [-0.15, -0.1) is 0 Å². The molecule has 4 heterocycles. The summed E-state index contributed by atoms with van der Waals surface area (Å²) in [7, 11) is 2.02. The molecule has 6 rings (SSSR count). The maximum Gasteiger partial charge on any atom is 0.215 e. The van der Waals surface area contributed by atoms with Crippen LogP contribution in [-0.2, 0) is 26.7 Å². The minimum absolute atomic E-state index is 0.0903. The smallest absolute Gasteiger partial charge is 0.215 e. The zero-order valence-electron chi connectivity index (χ0n) is 21.7. The summed E-state index contributed by atoms with van der Waals surface area (Å²) in [5.41, 5.74) is 3.71. The summed E-state index contributed by atoms with van der Waals surface area (Å²) in [6.45, 7) is 5.03. The molecule has 0 atom stereocenters. The van der Waals surface area contributed by atoms with Crippen molar-refractivity contribution in [2.45, 2.75) is 19.7 Å². The number of aromatic nitrogens is 5. The van der Waals surface area contributed by atoms with Gasteiger partial charge in [0.05, 0.1) is 36.1 Å². The van der Waals surface area contributed by atoms with E-state index in [1.165, 1.54) is 6.07 Å². The monoisotopic (exact) mass is 545 g/mol. The first kappa shape index (κ1) is 25.3. The molecule has 5 aromatic rings. The summed E-state index contributed by atoms with van der Waals surface area (Å²) in [5.74, 6) is 1.98. The Bertz CT molecular complexity index is 1590. The number of ether oxygens (including phenoxy) is 1. The van der Waals surface area contributed by atoms with E-state index in [1.54, 1.807) is 18.2 Å². The van der Waals surface area contributed by atoms with Gasteiger partial charge in [-0.05, 0) is 30.3 Å². The Morgan fingerprint density at radius 2 is 1.79 bits per heavy atom. The van der Waals surface area contributed by atoms with E-state index < -0.39 is 0 Å². The number of fused-ring (bicyclic) bond motifs is 1. The van der Waals surface area contributed by atoms with Crippen molar-refractivity contribution in [3.63, 3.8) is 0 Å². The second kappa shape index (κ2) is 11.0. The van der Waals surface area contributed by atoms with E-state index in [0.29, 0.717) is 16.5 Å². The molecule has 0 N–H and O–H groups in total. The third-order valence-corrected chi connectivity index (χ3v) is 7.37. The van der Waals surface area contributed by atoms with Crippen molar-refractivity contribution >= 4 is 28.5 Å². The molecule has 0 saturated carbocycles. The van der Waals surface area contributed by atoms with Crippen LogP contribution in [0.15, 0.2) is 73.2 Å². The van der Waals surface area contributed by atoms with Gasteiger partial charge in [-0.25, -0.2) is 14.4 Å². The van der Waals surface area contributed by atoms with Crippen LogP contribution in [0.3, 0.4) is 0 Å². The highest BCUT2D eigenvalue weighted by atomic mass is 35.5. The highest BCUT2D eigenvalue weighted by molar-refractivity contribution is 6.30. The van der Waals surface area contributed by atoms with Crippen LogP contribution in [-0.4, -0.2) is 55.2 Å². The summed E-state index contributed by atoms with van der Waals surface area (Å²) in [4.78, 5) is 18.6. The Labute approximate surface area is 231 Å². The van der Waals surface area contributed by atoms with E-state index in [4.69, 9.17) is 21.3 Å². The molecule has 10 heteroatoms. The summed E-state index contributed by atoms with van der Waals surface area (Å²) >= 11 is 5.85. The predicted octanol–water partition coefficient (Wildman–Crippen LogP) is 4.91. The number of piperazine rings is 1. The standard InChI is InChI=1S/C29H29ClFN7O/c1-35-20-32-16-23(35)17-38-26-6-3-2-5-25(26)33-28(38)18-36-11-13-37(14-12-36)27-7-4-8-29(34-27)39-19-21-9-10-22(30)15-24(21)31/h2-10,15-16,20H,11-14,17-19H2,1H3. The van der Waals surface area contributed by atoms with Crippen LogP contribution in [0.4, 0.5) is 10.2 Å². The third kappa shape index (κ3) is 5.60. The number of hydrogen-bond donors (Lipinski definition) is 0. The lowest BCUT2D eigenvalue weighted by molar-refractivity contribution is 0.240. The molecule has 0 unspecified atom stereocenters. The van der Waals surface area contributed by atoms with Crippen LogP contribution in [0.5, 0.6) is 5.88 Å². The van der Waals surface area contributed by atoms with Gasteiger partial charge < -0.3 is 18.8 Å². The first-order chi connectivity index (χ1) is 19.0. The maximum atomic E-state index is 14.1. The second-order valence-electron chi connectivity index (χ2n) is 9.72. The molecule has 3 aromatic heterocycles. The van der Waals surface area contributed by atoms with Gasteiger partial charge in [-0.3, -0.25) is 4.90 Å². The van der Waals surface area contributed by atoms with Gasteiger partial charge in [0.2, 0.25) is 5.88 Å². The molecule has 8 nitrogen and oxygen atoms in total. The van der Waals surface area contributed by atoms with Crippen LogP contribution >= 0.6 is 11.6 Å². The molecule has 1 aliphatic rings. The maximum absolute atomic E-state index is 14.1. The number of para-hydroxylation sites is 2. The number of imidazole rings is 2. The molecule has 0 bridgehead atoms. The van der Waals surface area contributed by atoms with Gasteiger partial charge in [0, 0.05) is 56.1 Å². The molecular formula is C29H29ClFN7O. The van der Waals surface area contributed by atoms with E-state index in [1.807, 2.05) is 42.3 Å². The number of rotatable bonds is 8. The third-order valence-electron chi connectivity index (χ3n) is 7.13. The van der Waals surface area contributed by atoms with Crippen molar-refractivity contribution in [3.8, 4) is 5.88 Å². The van der Waals surface area contributed by atoms with Crippen LogP contribution in [0.25, 0.3) is 11.0 Å². The van der Waals surface area contributed by atoms with E-state index in [2.05, 4.69) is 42.5 Å². The van der Waals surface area contributed by atoms with Crippen LogP contribution < -0.4 is 9.64 Å². The fourth-order valence-electron chi connectivity index (χ4n) is 4.91. The molecule has 2 aromatic carbocycles. The summed E-state index contributed by atoms with van der Waals surface area (Å²) in [6, 6.07) is 18.6. The molecule has 0 aliphatic carbocycles. The summed E-state index contributed by atoms with van der Waals surface area (Å²) < 4.78 is 24.2. The number of nitrogens with zero attached hydrogens (tertiary/aromatic N) is 7. The van der Waals surface area contributed by atoms with Crippen molar-refractivity contribution in [1.82, 2.24) is 29.0 Å². The zero-order chi connectivity index (χ0) is 26.8. The van der Waals surface area contributed by atoms with Gasteiger partial charge in [-0.1, -0.05) is 35.9 Å². The fraction of sp³-hybridized carbons (Fsp3) is 0.276. The first-order valence-electron chi connectivity index (χ1n) is 12.9. The van der Waals surface area contributed by atoms with E-state index in [-0.39, 0.29) is 12.4 Å². The Kier molecular flexibility index (Phi) is 7.17. The topological polar surface area (TPSA) is 64.2 Å². The van der Waals surface area contributed by atoms with Crippen molar-refractivity contribution < 1.29 is 9.13 Å². The van der Waals surface area contributed by atoms with Crippen LogP contribution in [0, 0.1) is 5.82 Å². The first-order valence-corrected chi connectivity index (χ1v) is 13.3. The lowest BCUT2D eigenvalue weighted by Crippen LogP contribution is -2.46. The Hall–Kier alpha value is -3.95. The summed E-state index contributed by atoms with van der Waals surface area (Å²) in [5, 5.41) is 0.362. The number of hydrogen-bond acceptors (Lipinski definition) is 6. The lowest BCUT2D eigenvalue weighted by Gasteiger charge is -2.35. The second-order valence-corrected chi connectivity index (χ2v) is 10.2. The highest BCUT2D eigenvalue weighted by Gasteiger charge is 2.21. The van der Waals surface area contributed by atoms with Gasteiger partial charge in [0.1, 0.15) is 24.1 Å². The zero-order valence-corrected chi connectivity index (χ0v) is 22.4. The van der Waals surface area contributed by atoms with E-state index in [9.17, 15) is 4.39 Å². The number of aryl methyl sites for hydroxylation is 1. The predicted molar refractivity (Wildman–Crippen MR) is 150 cm³/mol. The lowest BCUT2D eigenvalue weighted by atomic mass is 10.2. The average molecular weight is 546 g/mol. The molecule has 39 heavy (non-hydrogen) atoms. The van der Waals surface area contributed by atoms with Crippen molar-refractivity contribution in [2.24, 2.45) is 7.05 Å². The Balaban J connectivity index is 1.10. The van der Waals surface area contributed by atoms with Gasteiger partial charge >= 0.3 is 0 Å². The molecule has 200 valence electrons. The quantitative estimate of drug-likeness (QED) is 0.276. The average Bonchev–Trinajstić information content (AvgIpc) is 3.51. The number of benzene rings is 2. The highest BCUT2D eigenvalue weighted by Crippen LogP contribution is 2.23. The van der Waals surface area contributed by atoms with E-state index >= 15 is 0 Å². The molecule has 0 radical (unpaired) electrons. The van der Waals surface area contributed by atoms with E-state index in [0.717, 1.165) is 67.6 Å². The number of halogens is 2. The fourth-order valence-corrected chi connectivity index (χ4v) is 5.07. The molecule has 0 amide bonds. The van der Waals surface area contributed by atoms with Gasteiger partial charge in [0.25, 0.3) is 0 Å². The Morgan fingerprint density at radius 1 is 0.949 bits per heavy atom. The number of anilines is 1. The minimum atomic E-state index is -0.386. The van der Waals surface area contributed by atoms with Gasteiger partial charge in [-0.2, -0.15) is 4.98 Å². The molecule has 1 fully saturated rings. The number of pyridine rings is 1. The molecular weight excluding hydrogens is 517 g/mol. The SMILES string of the molecule is Cn1cncc1Cn1c(CN2CCN(c3cccc(OCc4ccc(Cl)cc4F)n3)CC2)nc2ccccc21.